The molecule has 3 heterocycles. The predicted octanol–water partition coefficient (Wildman–Crippen LogP) is 1.87. The minimum atomic E-state index is -2.77. The Balaban J connectivity index is 1.40. The van der Waals surface area contributed by atoms with Crippen LogP contribution in [0.3, 0.4) is 0 Å². The highest BCUT2D eigenvalue weighted by Crippen LogP contribution is 2.24. The molecule has 2 aliphatic heterocycles. The fraction of sp³-hybridized carbons (Fsp3) is 0.667. The van der Waals surface area contributed by atoms with Crippen molar-refractivity contribution in [3.8, 4) is 11.9 Å². The first-order valence-electron chi connectivity index (χ1n) is 8.96. The van der Waals surface area contributed by atoms with E-state index in [2.05, 4.69) is 16.0 Å². The van der Waals surface area contributed by atoms with Crippen LogP contribution in [0.25, 0.3) is 0 Å². The molecule has 1 aromatic rings. The van der Waals surface area contributed by atoms with Gasteiger partial charge in [-0.1, -0.05) is 0 Å². The molecule has 2 saturated heterocycles. The second-order valence-electron chi connectivity index (χ2n) is 7.12. The van der Waals surface area contributed by atoms with Crippen molar-refractivity contribution in [1.29, 1.82) is 5.26 Å². The summed E-state index contributed by atoms with van der Waals surface area (Å²) in [5.74, 6) is 2.14. The predicted molar refractivity (Wildman–Crippen MR) is 95.0 cm³/mol. The lowest BCUT2D eigenvalue weighted by Crippen LogP contribution is -2.40. The maximum Gasteiger partial charge on any atom is 0.231 e. The zero-order chi connectivity index (χ0) is 17.7. The summed E-state index contributed by atoms with van der Waals surface area (Å²) < 4.78 is 28.8. The van der Waals surface area contributed by atoms with E-state index < -0.39 is 9.84 Å². The Morgan fingerprint density at radius 3 is 2.60 bits per heavy atom. The molecule has 7 heteroatoms. The molecule has 136 valence electrons. The maximum atomic E-state index is 11.5. The van der Waals surface area contributed by atoms with Crippen LogP contribution < -0.4 is 4.74 Å². The molecule has 1 aromatic heterocycles. The van der Waals surface area contributed by atoms with Crippen molar-refractivity contribution in [2.24, 2.45) is 11.8 Å². The van der Waals surface area contributed by atoms with Crippen molar-refractivity contribution in [2.45, 2.75) is 25.7 Å². The van der Waals surface area contributed by atoms with Crippen LogP contribution in [0.15, 0.2) is 18.3 Å². The zero-order valence-electron chi connectivity index (χ0n) is 14.4. The summed E-state index contributed by atoms with van der Waals surface area (Å²) in [5, 5.41) is 9.06. The fourth-order valence-corrected chi connectivity index (χ4v) is 5.20. The third kappa shape index (κ3) is 5.16. The highest BCUT2D eigenvalue weighted by Gasteiger charge is 2.27. The number of nitriles is 1. The van der Waals surface area contributed by atoms with Crippen molar-refractivity contribution in [1.82, 2.24) is 9.88 Å². The lowest BCUT2D eigenvalue weighted by molar-refractivity contribution is 0.123. The third-order valence-electron chi connectivity index (χ3n) is 5.25. The van der Waals surface area contributed by atoms with Gasteiger partial charge in [-0.3, -0.25) is 0 Å². The number of rotatable bonds is 5. The minimum absolute atomic E-state index is 0.354. The van der Waals surface area contributed by atoms with Crippen LogP contribution in [0.4, 0.5) is 0 Å². The average Bonchev–Trinajstić information content (AvgIpc) is 2.63. The van der Waals surface area contributed by atoms with E-state index in [1.54, 1.807) is 18.3 Å². The van der Waals surface area contributed by atoms with Gasteiger partial charge in [-0.05, 0) is 62.7 Å². The summed E-state index contributed by atoms with van der Waals surface area (Å²) in [6.45, 7) is 3.68. The smallest absolute Gasteiger partial charge is 0.231 e. The molecular weight excluding hydrogens is 338 g/mol. The molecule has 3 rings (SSSR count). The van der Waals surface area contributed by atoms with Crippen LogP contribution >= 0.6 is 0 Å². The van der Waals surface area contributed by atoms with Gasteiger partial charge in [0.15, 0.2) is 0 Å². The highest BCUT2D eigenvalue weighted by atomic mass is 32.2. The third-order valence-corrected chi connectivity index (χ3v) is 6.96. The Hall–Kier alpha value is -1.65. The molecule has 0 bridgehead atoms. The number of hydrogen-bond donors (Lipinski definition) is 0. The summed E-state index contributed by atoms with van der Waals surface area (Å²) in [6, 6.07) is 5.56. The first-order chi connectivity index (χ1) is 12.1. The summed E-state index contributed by atoms with van der Waals surface area (Å²) in [4.78, 5) is 6.59. The Morgan fingerprint density at radius 2 is 1.92 bits per heavy atom. The van der Waals surface area contributed by atoms with E-state index in [4.69, 9.17) is 10.00 Å². The van der Waals surface area contributed by atoms with Gasteiger partial charge in [-0.2, -0.15) is 5.26 Å². The summed E-state index contributed by atoms with van der Waals surface area (Å²) in [7, 11) is -2.77. The first-order valence-corrected chi connectivity index (χ1v) is 10.8. The number of likely N-dealkylation sites (tertiary alicyclic amines) is 1. The second-order valence-corrected chi connectivity index (χ2v) is 9.42. The molecule has 0 atom stereocenters. The lowest BCUT2D eigenvalue weighted by atomic mass is 9.95. The number of ether oxygens (including phenoxy) is 1. The molecule has 25 heavy (non-hydrogen) atoms. The van der Waals surface area contributed by atoms with E-state index in [-0.39, 0.29) is 0 Å². The Labute approximate surface area is 149 Å². The van der Waals surface area contributed by atoms with Crippen molar-refractivity contribution in [3.63, 3.8) is 0 Å². The quantitative estimate of drug-likeness (QED) is 0.794. The van der Waals surface area contributed by atoms with Crippen LogP contribution in [-0.2, 0) is 9.84 Å². The van der Waals surface area contributed by atoms with Crippen LogP contribution in [-0.4, -0.2) is 56.0 Å². The van der Waals surface area contributed by atoms with Gasteiger partial charge in [0.1, 0.15) is 21.5 Å². The van der Waals surface area contributed by atoms with Crippen LogP contribution in [0.1, 0.15) is 31.2 Å². The second kappa shape index (κ2) is 8.15. The van der Waals surface area contributed by atoms with E-state index in [9.17, 15) is 8.42 Å². The van der Waals surface area contributed by atoms with Gasteiger partial charge >= 0.3 is 0 Å². The van der Waals surface area contributed by atoms with Crippen molar-refractivity contribution in [2.75, 3.05) is 37.7 Å². The van der Waals surface area contributed by atoms with E-state index in [0.29, 0.717) is 41.4 Å². The highest BCUT2D eigenvalue weighted by molar-refractivity contribution is 7.91. The molecule has 0 aromatic carbocycles. The molecule has 0 unspecified atom stereocenters. The lowest BCUT2D eigenvalue weighted by Gasteiger charge is -2.35. The van der Waals surface area contributed by atoms with Gasteiger partial charge in [-0.15, -0.1) is 0 Å². The largest absolute Gasteiger partial charge is 0.476 e. The Morgan fingerprint density at radius 1 is 1.20 bits per heavy atom. The van der Waals surface area contributed by atoms with E-state index in [0.717, 1.165) is 45.3 Å². The SMILES string of the molecule is N#Cc1cccnc1OCC1CCN(CC2CCS(=O)(=O)CC2)CC1. The zero-order valence-corrected chi connectivity index (χ0v) is 15.2. The summed E-state index contributed by atoms with van der Waals surface area (Å²) in [5.41, 5.74) is 0.479. The molecule has 0 saturated carbocycles. The number of pyridine rings is 1. The fourth-order valence-electron chi connectivity index (χ4n) is 3.61. The van der Waals surface area contributed by atoms with E-state index in [1.165, 1.54) is 0 Å². The normalized spacial score (nSPS) is 22.4. The maximum absolute atomic E-state index is 11.5. The van der Waals surface area contributed by atoms with Gasteiger partial charge in [0.25, 0.3) is 0 Å². The molecule has 0 amide bonds. The number of piperidine rings is 1. The molecule has 0 spiro atoms. The molecule has 0 aliphatic carbocycles. The number of hydrogen-bond acceptors (Lipinski definition) is 6. The topological polar surface area (TPSA) is 83.3 Å². The van der Waals surface area contributed by atoms with Crippen molar-refractivity contribution < 1.29 is 13.2 Å². The van der Waals surface area contributed by atoms with Crippen LogP contribution in [0.2, 0.25) is 0 Å². The van der Waals surface area contributed by atoms with Crippen molar-refractivity contribution in [3.05, 3.63) is 23.9 Å². The van der Waals surface area contributed by atoms with Gasteiger partial charge in [0, 0.05) is 12.7 Å². The first kappa shape index (κ1) is 18.2. The van der Waals surface area contributed by atoms with Crippen molar-refractivity contribution >= 4 is 9.84 Å². The average molecular weight is 363 g/mol. The molecule has 0 radical (unpaired) electrons. The Kier molecular flexibility index (Phi) is 5.92. The number of aromatic nitrogens is 1. The summed E-state index contributed by atoms with van der Waals surface area (Å²) in [6.07, 6.45) is 5.40. The van der Waals surface area contributed by atoms with Crippen LogP contribution in [0, 0.1) is 23.2 Å². The Bertz CT molecular complexity index is 707. The number of sulfone groups is 1. The summed E-state index contributed by atoms with van der Waals surface area (Å²) >= 11 is 0. The van der Waals surface area contributed by atoms with Gasteiger partial charge in [0.05, 0.1) is 18.1 Å². The molecule has 6 nitrogen and oxygen atoms in total. The molecule has 2 aliphatic rings. The van der Waals surface area contributed by atoms with Crippen LogP contribution in [0.5, 0.6) is 5.88 Å². The van der Waals surface area contributed by atoms with E-state index in [1.807, 2.05) is 0 Å². The molecule has 0 N–H and O–H groups in total. The van der Waals surface area contributed by atoms with E-state index >= 15 is 0 Å². The molecular formula is C18H25N3O3S. The van der Waals surface area contributed by atoms with Gasteiger partial charge in [-0.25, -0.2) is 13.4 Å². The number of nitrogens with zero attached hydrogens (tertiary/aromatic N) is 3. The van der Waals surface area contributed by atoms with Gasteiger partial charge in [0.2, 0.25) is 5.88 Å². The van der Waals surface area contributed by atoms with Gasteiger partial charge < -0.3 is 9.64 Å². The standard InChI is InChI=1S/C18H25N3O3S/c19-12-17-2-1-7-20-18(17)24-14-16-3-8-21(9-4-16)13-15-5-10-25(22,23)11-6-15/h1-2,7,15-16H,3-6,8-11,13-14H2. The monoisotopic (exact) mass is 363 g/mol. The minimum Gasteiger partial charge on any atom is -0.476 e. The molecule has 2 fully saturated rings.